The Balaban J connectivity index is 2.27. The number of aliphatic carboxylic acids is 1. The van der Waals surface area contributed by atoms with Crippen LogP contribution in [0.15, 0.2) is 6.20 Å². The number of nitrogens with zero attached hydrogens (tertiary/aromatic N) is 3. The largest absolute Gasteiger partial charge is 0.481 e. The summed E-state index contributed by atoms with van der Waals surface area (Å²) in [5.74, 6) is -0.956. The van der Waals surface area contributed by atoms with E-state index in [0.29, 0.717) is 18.5 Å². The molecule has 2 heterocycles. The standard InChI is InChI=1S/C17H27N3O3/c1-11(2)17(15(22)23)7-8-19(10-17)14(21)13-9-18-20(12(13)3)16(4,5)6/h9,11H,7-8,10H2,1-6H3,(H,22,23). The van der Waals surface area contributed by atoms with E-state index >= 15 is 0 Å². The molecule has 0 spiro atoms. The molecule has 0 aliphatic carbocycles. The zero-order valence-electron chi connectivity index (χ0n) is 14.9. The molecule has 0 aromatic carbocycles. The van der Waals surface area contributed by atoms with Crippen LogP contribution in [0.4, 0.5) is 0 Å². The van der Waals surface area contributed by atoms with Crippen molar-refractivity contribution >= 4 is 11.9 Å². The topological polar surface area (TPSA) is 75.4 Å². The number of hydrogen-bond donors (Lipinski definition) is 1. The molecule has 1 atom stereocenters. The molecule has 2 rings (SSSR count). The molecule has 1 N–H and O–H groups in total. The Labute approximate surface area is 137 Å². The molecule has 6 nitrogen and oxygen atoms in total. The first-order valence-electron chi connectivity index (χ1n) is 8.08. The summed E-state index contributed by atoms with van der Waals surface area (Å²) in [5.41, 5.74) is 0.338. The SMILES string of the molecule is Cc1c(C(=O)N2CCC(C(=O)O)(C(C)C)C2)cnn1C(C)(C)C. The molecule has 1 aromatic heterocycles. The molecular weight excluding hydrogens is 294 g/mol. The fourth-order valence-electron chi connectivity index (χ4n) is 3.37. The third-order valence-electron chi connectivity index (χ3n) is 4.99. The molecule has 1 unspecified atom stereocenters. The van der Waals surface area contributed by atoms with Crippen molar-refractivity contribution < 1.29 is 14.7 Å². The molecule has 1 amide bonds. The second-order valence-corrected chi connectivity index (χ2v) is 7.82. The fraction of sp³-hybridized carbons (Fsp3) is 0.706. The molecule has 1 aliphatic heterocycles. The van der Waals surface area contributed by atoms with Gasteiger partial charge in [-0.05, 0) is 40.0 Å². The van der Waals surface area contributed by atoms with Gasteiger partial charge in [-0.15, -0.1) is 0 Å². The van der Waals surface area contributed by atoms with Crippen LogP contribution in [0.3, 0.4) is 0 Å². The summed E-state index contributed by atoms with van der Waals surface area (Å²) >= 11 is 0. The predicted octanol–water partition coefficient (Wildman–Crippen LogP) is 2.52. The highest BCUT2D eigenvalue weighted by atomic mass is 16.4. The fourth-order valence-corrected chi connectivity index (χ4v) is 3.37. The lowest BCUT2D eigenvalue weighted by Crippen LogP contribution is -2.40. The molecule has 128 valence electrons. The van der Waals surface area contributed by atoms with E-state index in [9.17, 15) is 14.7 Å². The smallest absolute Gasteiger partial charge is 0.311 e. The summed E-state index contributed by atoms with van der Waals surface area (Å²) in [4.78, 5) is 26.2. The average molecular weight is 321 g/mol. The first-order chi connectivity index (χ1) is 10.5. The van der Waals surface area contributed by atoms with Gasteiger partial charge in [0, 0.05) is 18.8 Å². The summed E-state index contributed by atoms with van der Waals surface area (Å²) < 4.78 is 1.84. The van der Waals surface area contributed by atoms with Crippen molar-refractivity contribution in [3.05, 3.63) is 17.5 Å². The zero-order chi connectivity index (χ0) is 17.6. The number of carboxylic acids is 1. The van der Waals surface area contributed by atoms with Crippen molar-refractivity contribution in [2.24, 2.45) is 11.3 Å². The van der Waals surface area contributed by atoms with Crippen LogP contribution in [0.1, 0.15) is 57.1 Å². The van der Waals surface area contributed by atoms with Crippen LogP contribution in [0, 0.1) is 18.3 Å². The first-order valence-corrected chi connectivity index (χ1v) is 8.08. The van der Waals surface area contributed by atoms with Gasteiger partial charge in [0.1, 0.15) is 0 Å². The van der Waals surface area contributed by atoms with Crippen LogP contribution >= 0.6 is 0 Å². The van der Waals surface area contributed by atoms with Gasteiger partial charge in [0.05, 0.1) is 22.7 Å². The minimum Gasteiger partial charge on any atom is -0.481 e. The Morgan fingerprint density at radius 1 is 1.35 bits per heavy atom. The number of aromatic nitrogens is 2. The number of rotatable bonds is 3. The maximum Gasteiger partial charge on any atom is 0.311 e. The van der Waals surface area contributed by atoms with E-state index in [2.05, 4.69) is 5.10 Å². The number of carbonyl (C=O) groups excluding carboxylic acids is 1. The quantitative estimate of drug-likeness (QED) is 0.928. The molecule has 1 saturated heterocycles. The molecule has 1 aromatic rings. The van der Waals surface area contributed by atoms with Crippen molar-refractivity contribution in [2.45, 2.75) is 53.5 Å². The predicted molar refractivity (Wildman–Crippen MR) is 87.4 cm³/mol. The number of hydrogen-bond acceptors (Lipinski definition) is 3. The maximum atomic E-state index is 12.8. The van der Waals surface area contributed by atoms with Gasteiger partial charge in [-0.2, -0.15) is 5.10 Å². The highest BCUT2D eigenvalue weighted by Gasteiger charge is 2.48. The average Bonchev–Trinajstić information content (AvgIpc) is 3.01. The lowest BCUT2D eigenvalue weighted by atomic mass is 9.76. The number of carboxylic acid groups (broad SMARTS) is 1. The molecular formula is C17H27N3O3. The Hall–Kier alpha value is -1.85. The van der Waals surface area contributed by atoms with Gasteiger partial charge in [-0.25, -0.2) is 0 Å². The van der Waals surface area contributed by atoms with Crippen LogP contribution in [-0.2, 0) is 10.3 Å². The van der Waals surface area contributed by atoms with Crippen LogP contribution in [-0.4, -0.2) is 44.8 Å². The Morgan fingerprint density at radius 2 is 1.96 bits per heavy atom. The molecule has 23 heavy (non-hydrogen) atoms. The van der Waals surface area contributed by atoms with Crippen LogP contribution in [0.25, 0.3) is 0 Å². The van der Waals surface area contributed by atoms with Gasteiger partial charge in [0.2, 0.25) is 0 Å². The van der Waals surface area contributed by atoms with Crippen LogP contribution < -0.4 is 0 Å². The highest BCUT2D eigenvalue weighted by molar-refractivity contribution is 5.96. The van der Waals surface area contributed by atoms with Crippen molar-refractivity contribution in [1.82, 2.24) is 14.7 Å². The Bertz CT molecular complexity index is 628. The lowest BCUT2D eigenvalue weighted by Gasteiger charge is -2.28. The summed E-state index contributed by atoms with van der Waals surface area (Å²) in [6, 6.07) is 0. The molecule has 1 fully saturated rings. The van der Waals surface area contributed by atoms with E-state index in [1.165, 1.54) is 0 Å². The minimum absolute atomic E-state index is 0.0174. The zero-order valence-corrected chi connectivity index (χ0v) is 14.9. The normalized spacial score (nSPS) is 22.0. The summed E-state index contributed by atoms with van der Waals surface area (Å²) in [6.07, 6.45) is 2.09. The molecule has 0 radical (unpaired) electrons. The van der Waals surface area contributed by atoms with E-state index in [0.717, 1.165) is 5.69 Å². The van der Waals surface area contributed by atoms with Crippen molar-refractivity contribution in [1.29, 1.82) is 0 Å². The second-order valence-electron chi connectivity index (χ2n) is 7.82. The minimum atomic E-state index is -0.844. The Kier molecular flexibility index (Phi) is 4.30. The van der Waals surface area contributed by atoms with Gasteiger partial charge in [-0.3, -0.25) is 14.3 Å². The van der Waals surface area contributed by atoms with E-state index < -0.39 is 11.4 Å². The lowest BCUT2D eigenvalue weighted by molar-refractivity contribution is -0.150. The highest BCUT2D eigenvalue weighted by Crippen LogP contribution is 2.38. The number of carbonyl (C=O) groups is 2. The van der Waals surface area contributed by atoms with Gasteiger partial charge in [-0.1, -0.05) is 13.8 Å². The Morgan fingerprint density at radius 3 is 2.35 bits per heavy atom. The number of likely N-dealkylation sites (tertiary alicyclic amines) is 1. The van der Waals surface area contributed by atoms with Crippen molar-refractivity contribution in [3.8, 4) is 0 Å². The van der Waals surface area contributed by atoms with E-state index in [4.69, 9.17) is 0 Å². The van der Waals surface area contributed by atoms with E-state index in [-0.39, 0.29) is 23.9 Å². The summed E-state index contributed by atoms with van der Waals surface area (Å²) in [7, 11) is 0. The number of amides is 1. The van der Waals surface area contributed by atoms with Gasteiger partial charge >= 0.3 is 5.97 Å². The molecule has 0 bridgehead atoms. The maximum absolute atomic E-state index is 12.8. The van der Waals surface area contributed by atoms with Crippen LogP contribution in [0.2, 0.25) is 0 Å². The van der Waals surface area contributed by atoms with Crippen molar-refractivity contribution in [2.75, 3.05) is 13.1 Å². The molecule has 6 heteroatoms. The second kappa shape index (κ2) is 5.65. The monoisotopic (exact) mass is 321 g/mol. The summed E-state index contributed by atoms with van der Waals surface area (Å²) in [5, 5.41) is 14.0. The van der Waals surface area contributed by atoms with Crippen molar-refractivity contribution in [3.63, 3.8) is 0 Å². The van der Waals surface area contributed by atoms with Gasteiger partial charge in [0.25, 0.3) is 5.91 Å². The third kappa shape index (κ3) is 2.86. The van der Waals surface area contributed by atoms with Crippen LogP contribution in [0.5, 0.6) is 0 Å². The first kappa shape index (κ1) is 17.5. The summed E-state index contributed by atoms with van der Waals surface area (Å²) in [6.45, 7) is 12.5. The molecule has 1 aliphatic rings. The van der Waals surface area contributed by atoms with E-state index in [1.54, 1.807) is 11.1 Å². The van der Waals surface area contributed by atoms with Gasteiger partial charge < -0.3 is 10.0 Å². The molecule has 0 saturated carbocycles. The third-order valence-corrected chi connectivity index (χ3v) is 4.99. The van der Waals surface area contributed by atoms with Gasteiger partial charge in [0.15, 0.2) is 0 Å². The van der Waals surface area contributed by atoms with E-state index in [1.807, 2.05) is 46.2 Å².